The number of benzene rings is 1. The lowest BCUT2D eigenvalue weighted by atomic mass is 10.2. The van der Waals surface area contributed by atoms with Gasteiger partial charge in [-0.2, -0.15) is 0 Å². The standard InChI is InChI=1S/C15H19FN2O2/c16-14-3-4-15(13(12-14)2-1-5-17)20-11-8-18-6-9-19-10-7-18/h3-4,12H,5-11,17H2. The molecule has 108 valence electrons. The highest BCUT2D eigenvalue weighted by molar-refractivity contribution is 5.46. The second-order valence-electron chi connectivity index (χ2n) is 4.45. The van der Waals surface area contributed by atoms with Crippen molar-refractivity contribution in [2.24, 2.45) is 5.73 Å². The Bertz CT molecular complexity index is 490. The highest BCUT2D eigenvalue weighted by Crippen LogP contribution is 2.18. The lowest BCUT2D eigenvalue weighted by molar-refractivity contribution is 0.0322. The molecule has 0 bridgehead atoms. The van der Waals surface area contributed by atoms with E-state index in [9.17, 15) is 4.39 Å². The van der Waals surface area contributed by atoms with Crippen molar-refractivity contribution in [1.29, 1.82) is 0 Å². The van der Waals surface area contributed by atoms with Crippen LogP contribution in [0.5, 0.6) is 5.75 Å². The number of halogens is 1. The number of ether oxygens (including phenoxy) is 2. The molecule has 2 rings (SSSR count). The van der Waals surface area contributed by atoms with Gasteiger partial charge < -0.3 is 15.2 Å². The van der Waals surface area contributed by atoms with E-state index in [-0.39, 0.29) is 12.4 Å². The van der Waals surface area contributed by atoms with Gasteiger partial charge in [0.15, 0.2) is 0 Å². The molecule has 0 saturated carbocycles. The molecule has 1 fully saturated rings. The Labute approximate surface area is 118 Å². The van der Waals surface area contributed by atoms with Gasteiger partial charge in [0.2, 0.25) is 0 Å². The maximum absolute atomic E-state index is 13.2. The molecule has 1 aliphatic rings. The summed E-state index contributed by atoms with van der Waals surface area (Å²) < 4.78 is 24.2. The average Bonchev–Trinajstić information content (AvgIpc) is 2.48. The van der Waals surface area contributed by atoms with Gasteiger partial charge in [-0.25, -0.2) is 4.39 Å². The molecular formula is C15H19FN2O2. The van der Waals surface area contributed by atoms with E-state index in [4.69, 9.17) is 15.2 Å². The van der Waals surface area contributed by atoms with Crippen molar-refractivity contribution in [3.8, 4) is 17.6 Å². The van der Waals surface area contributed by atoms with Crippen molar-refractivity contribution < 1.29 is 13.9 Å². The van der Waals surface area contributed by atoms with Gasteiger partial charge in [-0.1, -0.05) is 11.8 Å². The molecular weight excluding hydrogens is 259 g/mol. The molecule has 0 aliphatic carbocycles. The number of hydrogen-bond donors (Lipinski definition) is 1. The van der Waals surface area contributed by atoms with Crippen LogP contribution in [0.1, 0.15) is 5.56 Å². The predicted octanol–water partition coefficient (Wildman–Crippen LogP) is 0.847. The topological polar surface area (TPSA) is 47.7 Å². The van der Waals surface area contributed by atoms with Crippen LogP contribution in [-0.2, 0) is 4.74 Å². The predicted molar refractivity (Wildman–Crippen MR) is 75.1 cm³/mol. The van der Waals surface area contributed by atoms with Crippen LogP contribution in [0.3, 0.4) is 0 Å². The highest BCUT2D eigenvalue weighted by Gasteiger charge is 2.10. The van der Waals surface area contributed by atoms with Crippen LogP contribution in [0.4, 0.5) is 4.39 Å². The first kappa shape index (κ1) is 14.8. The van der Waals surface area contributed by atoms with E-state index in [0.717, 1.165) is 32.8 Å². The van der Waals surface area contributed by atoms with E-state index >= 15 is 0 Å². The molecule has 1 aromatic carbocycles. The van der Waals surface area contributed by atoms with E-state index in [1.54, 1.807) is 6.07 Å². The summed E-state index contributed by atoms with van der Waals surface area (Å²) in [5.74, 6) is 5.82. The summed E-state index contributed by atoms with van der Waals surface area (Å²) in [7, 11) is 0. The Kier molecular flexibility index (Phi) is 5.81. The molecule has 0 atom stereocenters. The summed E-state index contributed by atoms with van der Waals surface area (Å²) in [5.41, 5.74) is 5.87. The lowest BCUT2D eigenvalue weighted by Crippen LogP contribution is -2.38. The van der Waals surface area contributed by atoms with E-state index in [0.29, 0.717) is 17.9 Å². The average molecular weight is 278 g/mol. The molecule has 1 saturated heterocycles. The van der Waals surface area contributed by atoms with Crippen LogP contribution in [0.25, 0.3) is 0 Å². The SMILES string of the molecule is NCC#Cc1cc(F)ccc1OCCN1CCOCC1. The first-order valence-corrected chi connectivity index (χ1v) is 6.71. The van der Waals surface area contributed by atoms with Crippen LogP contribution in [0.15, 0.2) is 18.2 Å². The van der Waals surface area contributed by atoms with Crippen molar-refractivity contribution in [2.75, 3.05) is 46.0 Å². The van der Waals surface area contributed by atoms with Crippen LogP contribution in [0.2, 0.25) is 0 Å². The van der Waals surface area contributed by atoms with Gasteiger partial charge >= 0.3 is 0 Å². The van der Waals surface area contributed by atoms with E-state index in [1.165, 1.54) is 12.1 Å². The van der Waals surface area contributed by atoms with E-state index < -0.39 is 0 Å². The maximum atomic E-state index is 13.2. The van der Waals surface area contributed by atoms with Crippen molar-refractivity contribution in [3.63, 3.8) is 0 Å². The largest absolute Gasteiger partial charge is 0.491 e. The minimum Gasteiger partial charge on any atom is -0.491 e. The van der Waals surface area contributed by atoms with Crippen LogP contribution < -0.4 is 10.5 Å². The Hall–Kier alpha value is -1.61. The molecule has 0 unspecified atom stereocenters. The van der Waals surface area contributed by atoms with Crippen molar-refractivity contribution in [2.45, 2.75) is 0 Å². The zero-order valence-electron chi connectivity index (χ0n) is 11.4. The molecule has 0 spiro atoms. The summed E-state index contributed by atoms with van der Waals surface area (Å²) in [6.45, 7) is 4.99. The Morgan fingerprint density at radius 3 is 2.90 bits per heavy atom. The Morgan fingerprint density at radius 2 is 2.15 bits per heavy atom. The normalized spacial score (nSPS) is 15.5. The fraction of sp³-hybridized carbons (Fsp3) is 0.467. The number of nitrogens with zero attached hydrogens (tertiary/aromatic N) is 1. The lowest BCUT2D eigenvalue weighted by Gasteiger charge is -2.26. The van der Waals surface area contributed by atoms with Crippen molar-refractivity contribution in [3.05, 3.63) is 29.6 Å². The van der Waals surface area contributed by atoms with Crippen LogP contribution in [-0.4, -0.2) is 50.9 Å². The summed E-state index contributed by atoms with van der Waals surface area (Å²) in [5, 5.41) is 0. The number of hydrogen-bond acceptors (Lipinski definition) is 4. The van der Waals surface area contributed by atoms with Gasteiger partial charge in [-0.15, -0.1) is 0 Å². The molecule has 1 aromatic rings. The molecule has 0 radical (unpaired) electrons. The summed E-state index contributed by atoms with van der Waals surface area (Å²) in [6, 6.07) is 4.35. The van der Waals surface area contributed by atoms with Crippen molar-refractivity contribution >= 4 is 0 Å². The first-order valence-electron chi connectivity index (χ1n) is 6.71. The van der Waals surface area contributed by atoms with Crippen LogP contribution >= 0.6 is 0 Å². The molecule has 20 heavy (non-hydrogen) atoms. The zero-order chi connectivity index (χ0) is 14.2. The molecule has 1 aliphatic heterocycles. The third-order valence-corrected chi connectivity index (χ3v) is 3.04. The van der Waals surface area contributed by atoms with E-state index in [1.807, 2.05) is 0 Å². The van der Waals surface area contributed by atoms with E-state index in [2.05, 4.69) is 16.7 Å². The molecule has 0 aromatic heterocycles. The molecule has 1 heterocycles. The minimum absolute atomic E-state index is 0.240. The van der Waals surface area contributed by atoms with Gasteiger partial charge in [0, 0.05) is 19.6 Å². The monoisotopic (exact) mass is 278 g/mol. The van der Waals surface area contributed by atoms with Gasteiger partial charge in [-0.05, 0) is 18.2 Å². The summed E-state index contributed by atoms with van der Waals surface area (Å²) >= 11 is 0. The van der Waals surface area contributed by atoms with Gasteiger partial charge in [-0.3, -0.25) is 4.90 Å². The van der Waals surface area contributed by atoms with Gasteiger partial charge in [0.1, 0.15) is 18.2 Å². The zero-order valence-corrected chi connectivity index (χ0v) is 11.4. The minimum atomic E-state index is -0.327. The smallest absolute Gasteiger partial charge is 0.135 e. The molecule has 4 nitrogen and oxygen atoms in total. The molecule has 2 N–H and O–H groups in total. The van der Waals surface area contributed by atoms with Gasteiger partial charge in [0.05, 0.1) is 25.3 Å². The Morgan fingerprint density at radius 1 is 1.35 bits per heavy atom. The first-order chi connectivity index (χ1) is 9.79. The molecule has 0 amide bonds. The van der Waals surface area contributed by atoms with Gasteiger partial charge in [0.25, 0.3) is 0 Å². The molecule has 5 heteroatoms. The number of morpholine rings is 1. The third-order valence-electron chi connectivity index (χ3n) is 3.04. The Balaban J connectivity index is 1.91. The number of rotatable bonds is 4. The second-order valence-corrected chi connectivity index (χ2v) is 4.45. The summed E-state index contributed by atoms with van der Waals surface area (Å²) in [6.07, 6.45) is 0. The highest BCUT2D eigenvalue weighted by atomic mass is 19.1. The number of nitrogens with two attached hydrogens (primary N) is 1. The maximum Gasteiger partial charge on any atom is 0.135 e. The van der Waals surface area contributed by atoms with Crippen molar-refractivity contribution in [1.82, 2.24) is 4.90 Å². The summed E-state index contributed by atoms with van der Waals surface area (Å²) in [4.78, 5) is 2.28. The van der Waals surface area contributed by atoms with Crippen LogP contribution in [0, 0.1) is 17.7 Å². The fourth-order valence-corrected chi connectivity index (χ4v) is 1.98. The third kappa shape index (κ3) is 4.49. The second kappa shape index (κ2) is 7.85. The quantitative estimate of drug-likeness (QED) is 0.829. The fourth-order valence-electron chi connectivity index (χ4n) is 1.98.